The molecule has 0 saturated heterocycles. The second-order valence-electron chi connectivity index (χ2n) is 2.94. The van der Waals surface area contributed by atoms with Crippen molar-refractivity contribution in [2.75, 3.05) is 0 Å². The van der Waals surface area contributed by atoms with E-state index in [2.05, 4.69) is 0 Å². The summed E-state index contributed by atoms with van der Waals surface area (Å²) >= 11 is 0. The molecule has 0 radical (unpaired) electrons. The molecule has 0 amide bonds. The highest BCUT2D eigenvalue weighted by atomic mass is 35.7. The molecule has 1 aromatic heterocycles. The fourth-order valence-corrected chi connectivity index (χ4v) is 2.28. The van der Waals surface area contributed by atoms with Gasteiger partial charge in [-0.2, -0.15) is 0 Å². The van der Waals surface area contributed by atoms with Gasteiger partial charge in [-0.1, -0.05) is 18.2 Å². The molecule has 1 heterocycles. The van der Waals surface area contributed by atoms with E-state index in [4.69, 9.17) is 15.1 Å². The molecule has 0 aliphatic heterocycles. The number of hydrogen-bond donors (Lipinski definition) is 0. The second kappa shape index (κ2) is 3.29. The van der Waals surface area contributed by atoms with Crippen LogP contribution in [-0.2, 0) is 14.8 Å². The highest BCUT2D eigenvalue weighted by molar-refractivity contribution is 8.13. The average molecular weight is 231 g/mol. The largest absolute Gasteiger partial charge is 0.464 e. The third-order valence-corrected chi connectivity index (χ3v) is 2.87. The van der Waals surface area contributed by atoms with Crippen LogP contribution in [0.2, 0.25) is 0 Å². The van der Waals surface area contributed by atoms with Gasteiger partial charge in [0.05, 0.1) is 12.0 Å². The Kier molecular flexibility index (Phi) is 2.25. The fourth-order valence-electron chi connectivity index (χ4n) is 1.33. The molecule has 3 nitrogen and oxygen atoms in total. The van der Waals surface area contributed by atoms with E-state index in [1.807, 2.05) is 12.1 Å². The van der Waals surface area contributed by atoms with Crippen molar-refractivity contribution in [2.24, 2.45) is 0 Å². The first-order chi connectivity index (χ1) is 6.56. The lowest BCUT2D eigenvalue weighted by Gasteiger charge is -1.92. The lowest BCUT2D eigenvalue weighted by atomic mass is 10.2. The third-order valence-electron chi connectivity index (χ3n) is 1.89. The van der Waals surface area contributed by atoms with E-state index in [1.165, 1.54) is 6.26 Å². The lowest BCUT2D eigenvalue weighted by Crippen LogP contribution is -1.93. The summed E-state index contributed by atoms with van der Waals surface area (Å²) in [6, 6.07) is 7.23. The van der Waals surface area contributed by atoms with Crippen molar-refractivity contribution in [2.45, 2.75) is 5.75 Å². The highest BCUT2D eigenvalue weighted by Crippen LogP contribution is 2.23. The van der Waals surface area contributed by atoms with E-state index in [-0.39, 0.29) is 5.75 Å². The maximum Gasteiger partial charge on any atom is 0.236 e. The van der Waals surface area contributed by atoms with Crippen LogP contribution in [-0.4, -0.2) is 8.42 Å². The Morgan fingerprint density at radius 3 is 2.71 bits per heavy atom. The Bertz CT molecular complexity index is 556. The molecule has 0 unspecified atom stereocenters. The number of furan rings is 1. The van der Waals surface area contributed by atoms with E-state index in [9.17, 15) is 8.42 Å². The maximum absolute atomic E-state index is 10.9. The molecule has 74 valence electrons. The van der Waals surface area contributed by atoms with Crippen molar-refractivity contribution in [3.8, 4) is 0 Å². The van der Waals surface area contributed by atoms with Gasteiger partial charge in [0.25, 0.3) is 0 Å². The topological polar surface area (TPSA) is 47.3 Å². The van der Waals surface area contributed by atoms with Crippen molar-refractivity contribution in [3.05, 3.63) is 36.1 Å². The van der Waals surface area contributed by atoms with Gasteiger partial charge in [0.15, 0.2) is 0 Å². The zero-order valence-electron chi connectivity index (χ0n) is 7.10. The molecule has 1 aromatic carbocycles. The van der Waals surface area contributed by atoms with Gasteiger partial charge >= 0.3 is 0 Å². The molecule has 0 aliphatic rings. The van der Waals surface area contributed by atoms with Crippen molar-refractivity contribution < 1.29 is 12.8 Å². The van der Waals surface area contributed by atoms with Gasteiger partial charge in [0.1, 0.15) is 5.58 Å². The lowest BCUT2D eigenvalue weighted by molar-refractivity contribution is 0.602. The van der Waals surface area contributed by atoms with Crippen molar-refractivity contribution in [3.63, 3.8) is 0 Å². The summed E-state index contributed by atoms with van der Waals surface area (Å²) < 4.78 is 26.9. The Balaban J connectivity index is 2.54. The summed E-state index contributed by atoms with van der Waals surface area (Å²) in [6.45, 7) is 0. The molecule has 5 heteroatoms. The van der Waals surface area contributed by atoms with E-state index in [1.54, 1.807) is 12.1 Å². The molecule has 0 saturated carbocycles. The highest BCUT2D eigenvalue weighted by Gasteiger charge is 2.12. The van der Waals surface area contributed by atoms with E-state index >= 15 is 0 Å². The molecule has 0 aliphatic carbocycles. The number of hydrogen-bond acceptors (Lipinski definition) is 3. The second-order valence-corrected chi connectivity index (χ2v) is 5.72. The van der Waals surface area contributed by atoms with Gasteiger partial charge < -0.3 is 4.42 Å². The Morgan fingerprint density at radius 2 is 2.00 bits per heavy atom. The maximum atomic E-state index is 10.9. The fraction of sp³-hybridized carbons (Fsp3) is 0.111. The minimum atomic E-state index is -3.53. The molecular weight excluding hydrogens is 224 g/mol. The number of halogens is 1. The number of fused-ring (bicyclic) bond motifs is 1. The Hall–Kier alpha value is -1.00. The van der Waals surface area contributed by atoms with Crippen LogP contribution in [0.1, 0.15) is 5.56 Å². The zero-order chi connectivity index (χ0) is 10.2. The zero-order valence-corrected chi connectivity index (χ0v) is 8.68. The minimum Gasteiger partial charge on any atom is -0.464 e. The van der Waals surface area contributed by atoms with Gasteiger partial charge in [-0.25, -0.2) is 8.42 Å². The van der Waals surface area contributed by atoms with Crippen molar-refractivity contribution >= 4 is 30.7 Å². The van der Waals surface area contributed by atoms with Gasteiger partial charge in [-0.15, -0.1) is 0 Å². The Labute approximate surface area is 85.7 Å². The predicted octanol–water partition coefficient (Wildman–Crippen LogP) is 2.50. The van der Waals surface area contributed by atoms with Crippen LogP contribution in [0.4, 0.5) is 0 Å². The molecular formula is C9H7ClO3S. The van der Waals surface area contributed by atoms with Crippen LogP contribution in [0.3, 0.4) is 0 Å². The molecule has 0 atom stereocenters. The Morgan fingerprint density at radius 1 is 1.29 bits per heavy atom. The first-order valence-electron chi connectivity index (χ1n) is 3.94. The first kappa shape index (κ1) is 9.55. The van der Waals surface area contributed by atoms with Crippen molar-refractivity contribution in [1.82, 2.24) is 0 Å². The molecule has 0 fully saturated rings. The minimum absolute atomic E-state index is 0.203. The van der Waals surface area contributed by atoms with Gasteiger partial charge in [0.2, 0.25) is 9.05 Å². The smallest absolute Gasteiger partial charge is 0.236 e. The summed E-state index contributed by atoms with van der Waals surface area (Å²) in [7, 11) is 1.63. The average Bonchev–Trinajstić information content (AvgIpc) is 2.47. The molecule has 2 aromatic rings. The van der Waals surface area contributed by atoms with Crippen LogP contribution in [0.15, 0.2) is 34.9 Å². The molecule has 0 bridgehead atoms. The van der Waals surface area contributed by atoms with Crippen LogP contribution in [0.5, 0.6) is 0 Å². The standard InChI is InChI=1S/C9H7ClO3S/c10-14(11,12)6-7-5-13-9-4-2-1-3-8(7)9/h1-5H,6H2. The summed E-state index contributed by atoms with van der Waals surface area (Å²) in [5.41, 5.74) is 1.26. The summed E-state index contributed by atoms with van der Waals surface area (Å²) in [6.07, 6.45) is 1.42. The molecule has 14 heavy (non-hydrogen) atoms. The quantitative estimate of drug-likeness (QED) is 0.745. The normalized spacial score (nSPS) is 12.1. The van der Waals surface area contributed by atoms with Gasteiger partial charge in [0, 0.05) is 21.6 Å². The van der Waals surface area contributed by atoms with Gasteiger partial charge in [-0.3, -0.25) is 0 Å². The van der Waals surface area contributed by atoms with Gasteiger partial charge in [-0.05, 0) is 6.07 Å². The number of para-hydroxylation sites is 1. The van der Waals surface area contributed by atoms with E-state index in [0.29, 0.717) is 11.1 Å². The van der Waals surface area contributed by atoms with Crippen LogP contribution >= 0.6 is 10.7 Å². The monoisotopic (exact) mass is 230 g/mol. The summed E-state index contributed by atoms with van der Waals surface area (Å²) in [4.78, 5) is 0. The van der Waals surface area contributed by atoms with Crippen LogP contribution in [0, 0.1) is 0 Å². The molecule has 0 spiro atoms. The SMILES string of the molecule is O=S(=O)(Cl)Cc1coc2ccccc12. The summed E-state index contributed by atoms with van der Waals surface area (Å²) in [5.74, 6) is -0.203. The van der Waals surface area contributed by atoms with E-state index < -0.39 is 9.05 Å². The van der Waals surface area contributed by atoms with Crippen LogP contribution in [0.25, 0.3) is 11.0 Å². The summed E-state index contributed by atoms with van der Waals surface area (Å²) in [5, 5.41) is 0.789. The molecule has 0 N–H and O–H groups in total. The predicted molar refractivity (Wildman–Crippen MR) is 54.7 cm³/mol. The van der Waals surface area contributed by atoms with Crippen molar-refractivity contribution in [1.29, 1.82) is 0 Å². The molecule has 2 rings (SSSR count). The first-order valence-corrected chi connectivity index (χ1v) is 6.41. The number of rotatable bonds is 2. The third kappa shape index (κ3) is 1.91. The van der Waals surface area contributed by atoms with Crippen LogP contribution < -0.4 is 0 Å². The number of benzene rings is 1. The van der Waals surface area contributed by atoms with E-state index in [0.717, 1.165) is 5.39 Å².